The Morgan fingerprint density at radius 2 is 1.57 bits per heavy atom. The summed E-state index contributed by atoms with van der Waals surface area (Å²) in [6.07, 6.45) is 0. The monoisotopic (exact) mass is 417 g/mol. The Morgan fingerprint density at radius 3 is 2.23 bits per heavy atom. The molecular weight excluding hydrogens is 402 g/mol. The van der Waals surface area contributed by atoms with Crippen LogP contribution in [0.5, 0.6) is 11.5 Å². The van der Waals surface area contributed by atoms with E-state index in [-0.39, 0.29) is 12.6 Å². The van der Waals surface area contributed by atoms with E-state index in [0.29, 0.717) is 28.0 Å². The Hall–Kier alpha value is -3.57. The minimum absolute atomic E-state index is 0.0115. The molecule has 2 heterocycles. The van der Waals surface area contributed by atoms with Gasteiger partial charge >= 0.3 is 5.97 Å². The number of hydrogen-bond donors (Lipinski definition) is 0. The molecule has 0 radical (unpaired) electrons. The molecule has 0 amide bonds. The van der Waals surface area contributed by atoms with Gasteiger partial charge in [-0.05, 0) is 36.4 Å². The normalized spacial score (nSPS) is 12.6. The van der Waals surface area contributed by atoms with Gasteiger partial charge in [-0.15, -0.1) is 0 Å². The second-order valence-corrected chi connectivity index (χ2v) is 7.34. The van der Waals surface area contributed by atoms with E-state index in [0.717, 1.165) is 16.7 Å². The Morgan fingerprint density at radius 1 is 0.933 bits per heavy atom. The number of aromatic nitrogens is 1. The molecule has 0 saturated heterocycles. The van der Waals surface area contributed by atoms with Crippen LogP contribution in [0, 0.1) is 0 Å². The van der Waals surface area contributed by atoms with Crippen molar-refractivity contribution in [2.45, 2.75) is 12.5 Å². The topological polar surface area (TPSA) is 61.6 Å². The van der Waals surface area contributed by atoms with Gasteiger partial charge in [0.15, 0.2) is 5.76 Å². The Bertz CT molecular complexity index is 1170. The fraction of sp³-hybridized carbons (Fsp3) is 0.0833. The number of nitrogens with zero attached hydrogens (tertiary/aromatic N) is 1. The van der Waals surface area contributed by atoms with E-state index in [9.17, 15) is 4.79 Å². The van der Waals surface area contributed by atoms with Crippen LogP contribution in [0.25, 0.3) is 11.3 Å². The minimum Gasteiger partial charge on any atom is -0.458 e. The first-order valence-electron chi connectivity index (χ1n) is 9.43. The zero-order valence-corrected chi connectivity index (χ0v) is 16.5. The van der Waals surface area contributed by atoms with Gasteiger partial charge in [-0.1, -0.05) is 53.2 Å². The highest BCUT2D eigenvalue weighted by Crippen LogP contribution is 2.44. The maximum atomic E-state index is 13.1. The smallest absolute Gasteiger partial charge is 0.318 e. The molecule has 148 valence electrons. The molecule has 0 saturated carbocycles. The van der Waals surface area contributed by atoms with E-state index in [1.54, 1.807) is 18.2 Å². The highest BCUT2D eigenvalue weighted by molar-refractivity contribution is 6.30. The van der Waals surface area contributed by atoms with Gasteiger partial charge < -0.3 is 14.0 Å². The molecule has 0 spiro atoms. The van der Waals surface area contributed by atoms with Gasteiger partial charge in [0.1, 0.15) is 29.7 Å². The number of para-hydroxylation sites is 2. The molecule has 0 aliphatic carbocycles. The Kier molecular flexibility index (Phi) is 4.73. The predicted molar refractivity (Wildman–Crippen MR) is 112 cm³/mol. The third kappa shape index (κ3) is 3.44. The summed E-state index contributed by atoms with van der Waals surface area (Å²) in [5.41, 5.74) is 2.94. The largest absolute Gasteiger partial charge is 0.458 e. The van der Waals surface area contributed by atoms with Gasteiger partial charge in [-0.25, -0.2) is 0 Å². The molecule has 0 unspecified atom stereocenters. The third-order valence-electron chi connectivity index (χ3n) is 4.97. The lowest BCUT2D eigenvalue weighted by Gasteiger charge is -2.26. The first-order valence-corrected chi connectivity index (χ1v) is 9.81. The molecule has 0 bridgehead atoms. The summed E-state index contributed by atoms with van der Waals surface area (Å²) < 4.78 is 16.9. The van der Waals surface area contributed by atoms with E-state index in [1.807, 2.05) is 60.7 Å². The number of carbonyl (C=O) groups excluding carboxylic acids is 1. The van der Waals surface area contributed by atoms with Crippen LogP contribution >= 0.6 is 11.6 Å². The summed E-state index contributed by atoms with van der Waals surface area (Å²) in [4.78, 5) is 13.1. The number of esters is 1. The highest BCUT2D eigenvalue weighted by Gasteiger charge is 2.33. The van der Waals surface area contributed by atoms with Crippen LogP contribution in [0.1, 0.15) is 22.7 Å². The quantitative estimate of drug-likeness (QED) is 0.382. The average molecular weight is 418 g/mol. The average Bonchev–Trinajstić information content (AvgIpc) is 3.25. The first kappa shape index (κ1) is 18.5. The summed E-state index contributed by atoms with van der Waals surface area (Å²) in [5.74, 6) is 0.969. The lowest BCUT2D eigenvalue weighted by Crippen LogP contribution is -2.21. The van der Waals surface area contributed by atoms with E-state index in [2.05, 4.69) is 5.16 Å². The summed E-state index contributed by atoms with van der Waals surface area (Å²) >= 11 is 5.92. The van der Waals surface area contributed by atoms with Gasteiger partial charge in [-0.2, -0.15) is 0 Å². The fourth-order valence-corrected chi connectivity index (χ4v) is 3.65. The van der Waals surface area contributed by atoms with Crippen LogP contribution in [0.4, 0.5) is 0 Å². The second-order valence-electron chi connectivity index (χ2n) is 6.91. The van der Waals surface area contributed by atoms with Crippen molar-refractivity contribution in [2.75, 3.05) is 0 Å². The van der Waals surface area contributed by atoms with Crippen LogP contribution in [0.3, 0.4) is 0 Å². The number of benzene rings is 3. The fourth-order valence-electron chi connectivity index (χ4n) is 3.52. The molecule has 5 rings (SSSR count). The first-order chi connectivity index (χ1) is 14.7. The molecule has 5 nitrogen and oxygen atoms in total. The molecule has 0 N–H and O–H groups in total. The number of rotatable bonds is 4. The van der Waals surface area contributed by atoms with E-state index < -0.39 is 5.92 Å². The zero-order valence-electron chi connectivity index (χ0n) is 15.7. The molecule has 30 heavy (non-hydrogen) atoms. The van der Waals surface area contributed by atoms with Gasteiger partial charge in [0, 0.05) is 27.8 Å². The molecule has 3 aromatic carbocycles. The molecule has 6 heteroatoms. The minimum atomic E-state index is -0.561. The highest BCUT2D eigenvalue weighted by atomic mass is 35.5. The van der Waals surface area contributed by atoms with E-state index >= 15 is 0 Å². The zero-order chi connectivity index (χ0) is 20.5. The van der Waals surface area contributed by atoms with Crippen molar-refractivity contribution < 1.29 is 18.8 Å². The third-order valence-corrected chi connectivity index (χ3v) is 5.22. The van der Waals surface area contributed by atoms with Crippen molar-refractivity contribution in [1.29, 1.82) is 0 Å². The molecular formula is C24H16ClNO4. The summed E-state index contributed by atoms with van der Waals surface area (Å²) in [6, 6.07) is 24.0. The van der Waals surface area contributed by atoms with Crippen LogP contribution in [0.2, 0.25) is 5.02 Å². The van der Waals surface area contributed by atoms with Gasteiger partial charge in [0.2, 0.25) is 0 Å². The van der Waals surface area contributed by atoms with E-state index in [1.165, 1.54) is 0 Å². The SMILES string of the molecule is O=C(OCc1cc(-c2ccc(Cl)cc2)on1)C1c2ccccc2Oc2ccccc21. The van der Waals surface area contributed by atoms with Gasteiger partial charge in [0.05, 0.1) is 0 Å². The summed E-state index contributed by atoms with van der Waals surface area (Å²) in [5, 5.41) is 4.65. The van der Waals surface area contributed by atoms with Gasteiger partial charge in [0.25, 0.3) is 0 Å². The second kappa shape index (κ2) is 7.69. The maximum Gasteiger partial charge on any atom is 0.318 e. The number of ether oxygens (including phenoxy) is 2. The molecule has 1 aliphatic rings. The Labute approximate surface area is 177 Å². The number of fused-ring (bicyclic) bond motifs is 2. The van der Waals surface area contributed by atoms with Gasteiger partial charge in [-0.3, -0.25) is 4.79 Å². The lowest BCUT2D eigenvalue weighted by molar-refractivity contribution is -0.146. The lowest BCUT2D eigenvalue weighted by atomic mass is 9.88. The van der Waals surface area contributed by atoms with Crippen LogP contribution in [0.15, 0.2) is 83.4 Å². The molecule has 1 aromatic heterocycles. The number of hydrogen-bond acceptors (Lipinski definition) is 5. The molecule has 4 aromatic rings. The number of halogens is 1. The molecule has 0 atom stereocenters. The molecule has 0 fully saturated rings. The predicted octanol–water partition coefficient (Wildman–Crippen LogP) is 5.98. The Balaban J connectivity index is 1.36. The van der Waals surface area contributed by atoms with Crippen molar-refractivity contribution in [1.82, 2.24) is 5.16 Å². The van der Waals surface area contributed by atoms with E-state index in [4.69, 9.17) is 25.6 Å². The molecule has 1 aliphatic heterocycles. The van der Waals surface area contributed by atoms with Crippen molar-refractivity contribution in [3.05, 3.63) is 101 Å². The van der Waals surface area contributed by atoms with Crippen LogP contribution < -0.4 is 4.74 Å². The number of carbonyl (C=O) groups is 1. The van der Waals surface area contributed by atoms with Crippen molar-refractivity contribution >= 4 is 17.6 Å². The summed E-state index contributed by atoms with van der Waals surface area (Å²) in [6.45, 7) is 0.0115. The summed E-state index contributed by atoms with van der Waals surface area (Å²) in [7, 11) is 0. The van der Waals surface area contributed by atoms with Crippen LogP contribution in [-0.4, -0.2) is 11.1 Å². The standard InChI is InChI=1S/C24H16ClNO4/c25-16-11-9-15(10-12-16)22-13-17(26-30-22)14-28-24(27)23-18-5-1-3-7-20(18)29-21-8-4-2-6-19(21)23/h1-13,23H,14H2. The van der Waals surface area contributed by atoms with Crippen molar-refractivity contribution in [2.24, 2.45) is 0 Å². The van der Waals surface area contributed by atoms with Crippen molar-refractivity contribution in [3.8, 4) is 22.8 Å². The maximum absolute atomic E-state index is 13.1. The van der Waals surface area contributed by atoms with Crippen LogP contribution in [-0.2, 0) is 16.1 Å². The van der Waals surface area contributed by atoms with Crippen molar-refractivity contribution in [3.63, 3.8) is 0 Å².